The first-order chi connectivity index (χ1) is 12.0. The third-order valence-corrected chi connectivity index (χ3v) is 6.14. The van der Waals surface area contributed by atoms with Crippen LogP contribution in [0.15, 0.2) is 47.4 Å². The van der Waals surface area contributed by atoms with Crippen molar-refractivity contribution in [2.45, 2.75) is 10.9 Å². The number of sulfonamides is 1. The first kappa shape index (κ1) is 17.8. The number of para-hydroxylation sites is 1. The summed E-state index contributed by atoms with van der Waals surface area (Å²) in [6, 6.07) is 9.39. The maximum atomic E-state index is 14.1. The summed E-state index contributed by atoms with van der Waals surface area (Å²) in [4.78, 5) is -0.920. The Bertz CT molecular complexity index is 854. The summed E-state index contributed by atoms with van der Waals surface area (Å²) >= 11 is 0. The van der Waals surface area contributed by atoms with E-state index < -0.39 is 32.6 Å². The van der Waals surface area contributed by atoms with E-state index in [1.165, 1.54) is 7.11 Å². The van der Waals surface area contributed by atoms with Crippen molar-refractivity contribution in [3.05, 3.63) is 59.7 Å². The largest absolute Gasteiger partial charge is 0.496 e. The third kappa shape index (κ3) is 3.24. The van der Waals surface area contributed by atoms with E-state index in [1.54, 1.807) is 24.3 Å². The number of nitrogens with zero attached hydrogens (tertiary/aromatic N) is 1. The van der Waals surface area contributed by atoms with Crippen LogP contribution in [0.4, 0.5) is 8.78 Å². The maximum Gasteiger partial charge on any atom is 0.249 e. The van der Waals surface area contributed by atoms with Crippen LogP contribution in [0.3, 0.4) is 0 Å². The number of piperazine rings is 1. The molecule has 134 valence electrons. The van der Waals surface area contributed by atoms with Gasteiger partial charge in [0, 0.05) is 25.2 Å². The average Bonchev–Trinajstić information content (AvgIpc) is 2.61. The molecule has 1 atom stereocenters. The fourth-order valence-electron chi connectivity index (χ4n) is 3.03. The fourth-order valence-corrected chi connectivity index (χ4v) is 4.74. The minimum atomic E-state index is -4.36. The van der Waals surface area contributed by atoms with E-state index in [9.17, 15) is 17.2 Å². The molecular weight excluding hydrogens is 350 g/mol. The third-order valence-electron chi connectivity index (χ3n) is 4.18. The van der Waals surface area contributed by atoms with Gasteiger partial charge in [-0.2, -0.15) is 4.31 Å². The van der Waals surface area contributed by atoms with Gasteiger partial charge in [-0.3, -0.25) is 0 Å². The van der Waals surface area contributed by atoms with Crippen LogP contribution < -0.4 is 10.1 Å². The second kappa shape index (κ2) is 7.07. The van der Waals surface area contributed by atoms with E-state index in [-0.39, 0.29) is 6.54 Å². The van der Waals surface area contributed by atoms with Gasteiger partial charge in [0.2, 0.25) is 10.0 Å². The highest BCUT2D eigenvalue weighted by Crippen LogP contribution is 2.35. The van der Waals surface area contributed by atoms with Gasteiger partial charge in [-0.05, 0) is 18.2 Å². The van der Waals surface area contributed by atoms with Gasteiger partial charge in [-0.25, -0.2) is 17.2 Å². The summed E-state index contributed by atoms with van der Waals surface area (Å²) in [5.74, 6) is -1.68. The van der Waals surface area contributed by atoms with Crippen LogP contribution in [-0.4, -0.2) is 39.5 Å². The highest BCUT2D eigenvalue weighted by molar-refractivity contribution is 7.89. The Morgan fingerprint density at radius 1 is 1.12 bits per heavy atom. The highest BCUT2D eigenvalue weighted by atomic mass is 32.2. The van der Waals surface area contributed by atoms with Gasteiger partial charge in [0.25, 0.3) is 0 Å². The summed E-state index contributed by atoms with van der Waals surface area (Å²) in [6.45, 7) is 0.801. The zero-order valence-corrected chi connectivity index (χ0v) is 14.4. The van der Waals surface area contributed by atoms with E-state index in [4.69, 9.17) is 4.74 Å². The Labute approximate surface area is 145 Å². The number of hydrogen-bond donors (Lipinski definition) is 1. The SMILES string of the molecule is COc1ccccc1C1CNCCN1S(=O)(=O)c1c(F)cccc1F. The van der Waals surface area contributed by atoms with Gasteiger partial charge < -0.3 is 10.1 Å². The van der Waals surface area contributed by atoms with Crippen LogP contribution in [0.1, 0.15) is 11.6 Å². The van der Waals surface area contributed by atoms with Gasteiger partial charge in [-0.15, -0.1) is 0 Å². The van der Waals surface area contributed by atoms with E-state index in [1.807, 2.05) is 0 Å². The van der Waals surface area contributed by atoms with Crippen LogP contribution in [0.5, 0.6) is 5.75 Å². The Kier molecular flexibility index (Phi) is 5.03. The van der Waals surface area contributed by atoms with Crippen LogP contribution in [-0.2, 0) is 10.0 Å². The molecule has 8 heteroatoms. The lowest BCUT2D eigenvalue weighted by molar-refractivity contribution is 0.263. The lowest BCUT2D eigenvalue weighted by Gasteiger charge is -2.36. The summed E-state index contributed by atoms with van der Waals surface area (Å²) < 4.78 is 60.6. The van der Waals surface area contributed by atoms with Gasteiger partial charge in [0.05, 0.1) is 13.2 Å². The monoisotopic (exact) mass is 368 g/mol. The smallest absolute Gasteiger partial charge is 0.249 e. The zero-order valence-electron chi connectivity index (χ0n) is 13.6. The molecule has 0 saturated carbocycles. The van der Waals surface area contributed by atoms with Crippen molar-refractivity contribution < 1.29 is 21.9 Å². The summed E-state index contributed by atoms with van der Waals surface area (Å²) in [7, 11) is -2.87. The minimum absolute atomic E-state index is 0.0961. The fraction of sp³-hybridized carbons (Fsp3) is 0.294. The highest BCUT2D eigenvalue weighted by Gasteiger charge is 2.38. The molecule has 0 aromatic heterocycles. The van der Waals surface area contributed by atoms with Gasteiger partial charge in [0.15, 0.2) is 4.90 Å². The summed E-state index contributed by atoms with van der Waals surface area (Å²) in [5, 5.41) is 3.12. The molecular formula is C17H18F2N2O3S. The topological polar surface area (TPSA) is 58.6 Å². The number of methoxy groups -OCH3 is 1. The summed E-state index contributed by atoms with van der Waals surface area (Å²) in [5.41, 5.74) is 0.637. The lowest BCUT2D eigenvalue weighted by Crippen LogP contribution is -2.49. The molecule has 1 N–H and O–H groups in total. The molecule has 1 saturated heterocycles. The van der Waals surface area contributed by atoms with E-state index in [2.05, 4.69) is 5.32 Å². The molecule has 0 spiro atoms. The van der Waals surface area contributed by atoms with Crippen LogP contribution in [0.25, 0.3) is 0 Å². The normalized spacial score (nSPS) is 18.9. The first-order valence-electron chi connectivity index (χ1n) is 7.76. The average molecular weight is 368 g/mol. The molecule has 2 aromatic carbocycles. The van der Waals surface area contributed by atoms with Crippen molar-refractivity contribution in [3.8, 4) is 5.75 Å². The molecule has 3 rings (SSSR count). The molecule has 1 heterocycles. The lowest BCUT2D eigenvalue weighted by atomic mass is 10.0. The number of rotatable bonds is 4. The van der Waals surface area contributed by atoms with Crippen molar-refractivity contribution in [1.82, 2.24) is 9.62 Å². The van der Waals surface area contributed by atoms with E-state index in [0.717, 1.165) is 22.5 Å². The second-order valence-corrected chi connectivity index (χ2v) is 7.46. The molecule has 1 fully saturated rings. The number of halogens is 2. The summed E-state index contributed by atoms with van der Waals surface area (Å²) in [6.07, 6.45) is 0. The Morgan fingerprint density at radius 2 is 1.80 bits per heavy atom. The van der Waals surface area contributed by atoms with Gasteiger partial charge in [0.1, 0.15) is 17.4 Å². The Hall–Kier alpha value is -2.03. The molecule has 1 aliphatic heterocycles. The standard InChI is InChI=1S/C17H18F2N2O3S/c1-24-16-8-3-2-5-12(16)15-11-20-9-10-21(15)25(22,23)17-13(18)6-4-7-14(17)19/h2-8,15,20H,9-11H2,1H3. The molecule has 0 aliphatic carbocycles. The van der Waals surface area contributed by atoms with Crippen LogP contribution in [0, 0.1) is 11.6 Å². The van der Waals surface area contributed by atoms with Crippen molar-refractivity contribution in [3.63, 3.8) is 0 Å². The zero-order chi connectivity index (χ0) is 18.0. The van der Waals surface area contributed by atoms with Crippen LogP contribution >= 0.6 is 0 Å². The van der Waals surface area contributed by atoms with Crippen molar-refractivity contribution in [2.24, 2.45) is 0 Å². The Morgan fingerprint density at radius 3 is 2.48 bits per heavy atom. The molecule has 0 amide bonds. The minimum Gasteiger partial charge on any atom is -0.496 e. The van der Waals surface area contributed by atoms with E-state index in [0.29, 0.717) is 24.4 Å². The number of benzene rings is 2. The number of nitrogens with one attached hydrogen (secondary N) is 1. The molecule has 1 unspecified atom stereocenters. The second-order valence-electron chi connectivity index (χ2n) is 5.63. The predicted molar refractivity (Wildman–Crippen MR) is 88.9 cm³/mol. The first-order valence-corrected chi connectivity index (χ1v) is 9.20. The van der Waals surface area contributed by atoms with Crippen molar-refractivity contribution in [2.75, 3.05) is 26.7 Å². The van der Waals surface area contributed by atoms with Crippen molar-refractivity contribution >= 4 is 10.0 Å². The molecule has 1 aliphatic rings. The number of hydrogen-bond acceptors (Lipinski definition) is 4. The molecule has 2 aromatic rings. The molecule has 0 bridgehead atoms. The van der Waals surface area contributed by atoms with Crippen LogP contribution in [0.2, 0.25) is 0 Å². The van der Waals surface area contributed by atoms with Gasteiger partial charge in [-0.1, -0.05) is 24.3 Å². The molecule has 0 radical (unpaired) electrons. The van der Waals surface area contributed by atoms with Gasteiger partial charge >= 0.3 is 0 Å². The Balaban J connectivity index is 2.10. The van der Waals surface area contributed by atoms with E-state index >= 15 is 0 Å². The molecule has 25 heavy (non-hydrogen) atoms. The number of ether oxygens (including phenoxy) is 1. The van der Waals surface area contributed by atoms with Crippen molar-refractivity contribution in [1.29, 1.82) is 0 Å². The maximum absolute atomic E-state index is 14.1. The quantitative estimate of drug-likeness (QED) is 0.900. The molecule has 5 nitrogen and oxygen atoms in total. The predicted octanol–water partition coefficient (Wildman–Crippen LogP) is 2.31.